The average Bonchev–Trinajstić information content (AvgIpc) is 2.24. The van der Waals surface area contributed by atoms with Crippen LogP contribution in [-0.2, 0) is 24.1 Å². The molecule has 0 unspecified atom stereocenters. The zero-order valence-electron chi connectivity index (χ0n) is 10.3. The second kappa shape index (κ2) is 10.9. The molecule has 0 saturated carbocycles. The SMILES string of the molecule is CCCCCCOCCOCCOS(=O)(=O)O. The van der Waals surface area contributed by atoms with Crippen molar-refractivity contribution in [2.45, 2.75) is 32.6 Å². The Hall–Kier alpha value is -0.210. The second-order valence-corrected chi connectivity index (χ2v) is 4.63. The summed E-state index contributed by atoms with van der Waals surface area (Å²) in [5.74, 6) is 0. The van der Waals surface area contributed by atoms with Gasteiger partial charge in [-0.05, 0) is 6.42 Å². The fourth-order valence-electron chi connectivity index (χ4n) is 1.15. The summed E-state index contributed by atoms with van der Waals surface area (Å²) in [6.07, 6.45) is 4.67. The summed E-state index contributed by atoms with van der Waals surface area (Å²) in [5, 5.41) is 0. The number of ether oxygens (including phenoxy) is 2. The molecular formula is C10H22O6S. The Morgan fingerprint density at radius 2 is 1.47 bits per heavy atom. The molecule has 0 atom stereocenters. The monoisotopic (exact) mass is 270 g/mol. The summed E-state index contributed by atoms with van der Waals surface area (Å²) in [5.41, 5.74) is 0. The van der Waals surface area contributed by atoms with Gasteiger partial charge in [-0.1, -0.05) is 26.2 Å². The van der Waals surface area contributed by atoms with Gasteiger partial charge in [-0.15, -0.1) is 0 Å². The topological polar surface area (TPSA) is 82.1 Å². The van der Waals surface area contributed by atoms with Crippen molar-refractivity contribution in [3.63, 3.8) is 0 Å². The molecular weight excluding hydrogens is 248 g/mol. The van der Waals surface area contributed by atoms with E-state index < -0.39 is 10.4 Å². The van der Waals surface area contributed by atoms with E-state index in [9.17, 15) is 8.42 Å². The van der Waals surface area contributed by atoms with E-state index in [0.29, 0.717) is 13.2 Å². The summed E-state index contributed by atoms with van der Waals surface area (Å²) in [6.45, 7) is 3.68. The lowest BCUT2D eigenvalue weighted by Crippen LogP contribution is -2.12. The van der Waals surface area contributed by atoms with Crippen LogP contribution in [-0.4, -0.2) is 46.0 Å². The minimum atomic E-state index is -4.35. The predicted molar refractivity (Wildman–Crippen MR) is 63.3 cm³/mol. The van der Waals surface area contributed by atoms with Crippen LogP contribution in [0.5, 0.6) is 0 Å². The quantitative estimate of drug-likeness (QED) is 0.426. The van der Waals surface area contributed by atoms with Crippen LogP contribution < -0.4 is 0 Å². The van der Waals surface area contributed by atoms with E-state index in [1.54, 1.807) is 0 Å². The van der Waals surface area contributed by atoms with Crippen LogP contribution in [0.25, 0.3) is 0 Å². The van der Waals surface area contributed by atoms with Gasteiger partial charge in [0.25, 0.3) is 0 Å². The number of hydrogen-bond donors (Lipinski definition) is 1. The summed E-state index contributed by atoms with van der Waals surface area (Å²) < 4.78 is 42.9. The average molecular weight is 270 g/mol. The first-order valence-corrected chi connectivity index (χ1v) is 7.20. The third kappa shape index (κ3) is 15.8. The molecule has 0 radical (unpaired) electrons. The molecule has 0 aliphatic rings. The molecule has 0 aromatic carbocycles. The summed E-state index contributed by atoms with van der Waals surface area (Å²) in [6, 6.07) is 0. The number of rotatable bonds is 12. The Kier molecular flexibility index (Phi) is 10.8. The van der Waals surface area contributed by atoms with Gasteiger partial charge in [-0.3, -0.25) is 4.55 Å². The third-order valence-corrected chi connectivity index (χ3v) is 2.44. The van der Waals surface area contributed by atoms with Crippen molar-refractivity contribution < 1.29 is 26.6 Å². The van der Waals surface area contributed by atoms with E-state index in [1.165, 1.54) is 19.3 Å². The van der Waals surface area contributed by atoms with Crippen molar-refractivity contribution >= 4 is 10.4 Å². The van der Waals surface area contributed by atoms with Gasteiger partial charge in [0.2, 0.25) is 0 Å². The molecule has 0 saturated heterocycles. The highest BCUT2D eigenvalue weighted by molar-refractivity contribution is 7.80. The van der Waals surface area contributed by atoms with Crippen LogP contribution >= 0.6 is 0 Å². The van der Waals surface area contributed by atoms with Gasteiger partial charge in [-0.25, -0.2) is 4.18 Å². The lowest BCUT2D eigenvalue weighted by molar-refractivity contribution is 0.0347. The Morgan fingerprint density at radius 1 is 0.882 bits per heavy atom. The zero-order chi connectivity index (χ0) is 13.0. The summed E-state index contributed by atoms with van der Waals surface area (Å²) in [7, 11) is -4.35. The molecule has 0 aliphatic heterocycles. The van der Waals surface area contributed by atoms with E-state index in [2.05, 4.69) is 11.1 Å². The van der Waals surface area contributed by atoms with Crippen LogP contribution in [0, 0.1) is 0 Å². The summed E-state index contributed by atoms with van der Waals surface area (Å²) >= 11 is 0. The highest BCUT2D eigenvalue weighted by atomic mass is 32.3. The van der Waals surface area contributed by atoms with E-state index >= 15 is 0 Å². The molecule has 0 heterocycles. The van der Waals surface area contributed by atoms with Crippen molar-refractivity contribution in [1.29, 1.82) is 0 Å². The van der Waals surface area contributed by atoms with Crippen molar-refractivity contribution in [1.82, 2.24) is 0 Å². The van der Waals surface area contributed by atoms with Gasteiger partial charge in [0.05, 0.1) is 26.4 Å². The molecule has 0 fully saturated rings. The fourth-order valence-corrected chi connectivity index (χ4v) is 1.43. The summed E-state index contributed by atoms with van der Waals surface area (Å²) in [4.78, 5) is 0. The van der Waals surface area contributed by atoms with E-state index in [4.69, 9.17) is 14.0 Å². The van der Waals surface area contributed by atoms with Crippen molar-refractivity contribution in [3.05, 3.63) is 0 Å². The molecule has 0 spiro atoms. The maximum absolute atomic E-state index is 10.1. The molecule has 0 aromatic rings. The maximum Gasteiger partial charge on any atom is 0.397 e. The standard InChI is InChI=1S/C10H22O6S/c1-2-3-4-5-6-14-7-8-15-9-10-16-17(11,12)13/h2-10H2,1H3,(H,11,12,13). The van der Waals surface area contributed by atoms with Gasteiger partial charge < -0.3 is 9.47 Å². The number of unbranched alkanes of at least 4 members (excludes halogenated alkanes) is 3. The number of hydrogen-bond acceptors (Lipinski definition) is 5. The van der Waals surface area contributed by atoms with E-state index in [0.717, 1.165) is 13.0 Å². The highest BCUT2D eigenvalue weighted by Crippen LogP contribution is 1.98. The van der Waals surface area contributed by atoms with Gasteiger partial charge in [0.1, 0.15) is 0 Å². The highest BCUT2D eigenvalue weighted by Gasteiger charge is 2.02. The Morgan fingerprint density at radius 3 is 2.06 bits per heavy atom. The molecule has 6 nitrogen and oxygen atoms in total. The molecule has 0 amide bonds. The Labute approximate surface area is 103 Å². The van der Waals surface area contributed by atoms with Crippen molar-refractivity contribution in [3.8, 4) is 0 Å². The molecule has 7 heteroatoms. The van der Waals surface area contributed by atoms with Crippen molar-refractivity contribution in [2.75, 3.05) is 33.0 Å². The molecule has 0 rings (SSSR count). The first-order valence-electron chi connectivity index (χ1n) is 5.83. The minimum Gasteiger partial charge on any atom is -0.379 e. The molecule has 0 bridgehead atoms. The van der Waals surface area contributed by atoms with E-state index in [1.807, 2.05) is 0 Å². The van der Waals surface area contributed by atoms with Gasteiger partial charge in [0, 0.05) is 6.61 Å². The van der Waals surface area contributed by atoms with Gasteiger partial charge >= 0.3 is 10.4 Å². The smallest absolute Gasteiger partial charge is 0.379 e. The van der Waals surface area contributed by atoms with Gasteiger partial charge in [-0.2, -0.15) is 8.42 Å². The maximum atomic E-state index is 10.1. The Bertz CT molecular complexity index is 252. The van der Waals surface area contributed by atoms with Crippen molar-refractivity contribution in [2.24, 2.45) is 0 Å². The fraction of sp³-hybridized carbons (Fsp3) is 1.00. The minimum absolute atomic E-state index is 0.110. The predicted octanol–water partition coefficient (Wildman–Crippen LogP) is 1.42. The normalized spacial score (nSPS) is 11.9. The molecule has 0 aromatic heterocycles. The van der Waals surface area contributed by atoms with Crippen LogP contribution in [0.4, 0.5) is 0 Å². The lowest BCUT2D eigenvalue weighted by atomic mass is 10.2. The molecule has 1 N–H and O–H groups in total. The first kappa shape index (κ1) is 16.8. The van der Waals surface area contributed by atoms with Crippen LogP contribution in [0.3, 0.4) is 0 Å². The lowest BCUT2D eigenvalue weighted by Gasteiger charge is -2.05. The van der Waals surface area contributed by atoms with Crippen LogP contribution in [0.1, 0.15) is 32.6 Å². The van der Waals surface area contributed by atoms with E-state index in [-0.39, 0.29) is 13.2 Å². The Balaban J connectivity index is 3.04. The zero-order valence-corrected chi connectivity index (χ0v) is 11.1. The molecule has 0 aliphatic carbocycles. The first-order chi connectivity index (χ1) is 8.06. The second-order valence-electron chi connectivity index (χ2n) is 3.54. The third-order valence-electron chi connectivity index (χ3n) is 1.97. The largest absolute Gasteiger partial charge is 0.397 e. The molecule has 17 heavy (non-hydrogen) atoms. The van der Waals surface area contributed by atoms with Gasteiger partial charge in [0.15, 0.2) is 0 Å². The van der Waals surface area contributed by atoms with Crippen LogP contribution in [0.15, 0.2) is 0 Å². The molecule has 104 valence electrons. The van der Waals surface area contributed by atoms with Crippen LogP contribution in [0.2, 0.25) is 0 Å².